The summed E-state index contributed by atoms with van der Waals surface area (Å²) in [5.74, 6) is 0.0124. The summed E-state index contributed by atoms with van der Waals surface area (Å²) in [5.41, 5.74) is -0.819. The van der Waals surface area contributed by atoms with Crippen LogP contribution in [0.5, 0.6) is 0 Å². The van der Waals surface area contributed by atoms with Crippen LogP contribution in [0, 0.1) is 5.92 Å². The molecule has 1 N–H and O–H groups in total. The molecule has 0 radical (unpaired) electrons. The Morgan fingerprint density at radius 3 is 2.42 bits per heavy atom. The van der Waals surface area contributed by atoms with Gasteiger partial charge < -0.3 is 5.32 Å². The van der Waals surface area contributed by atoms with Crippen molar-refractivity contribution in [2.45, 2.75) is 43.0 Å². The first-order chi connectivity index (χ1) is 11.3. The van der Waals surface area contributed by atoms with Crippen LogP contribution >= 0.6 is 0 Å². The number of hydrogen-bond acceptors (Lipinski definition) is 4. The van der Waals surface area contributed by atoms with E-state index >= 15 is 0 Å². The Hall–Kier alpha value is -1.89. The first-order valence-corrected chi connectivity index (χ1v) is 9.91. The maximum Gasteiger partial charge on any atom is 0.325 e. The molecule has 2 aliphatic rings. The summed E-state index contributed by atoms with van der Waals surface area (Å²) in [6.07, 6.45) is 3.03. The van der Waals surface area contributed by atoms with Crippen LogP contribution in [0.3, 0.4) is 0 Å². The van der Waals surface area contributed by atoms with Crippen molar-refractivity contribution in [1.29, 1.82) is 0 Å². The Bertz CT molecular complexity index is 737. The second-order valence-corrected chi connectivity index (χ2v) is 8.89. The zero-order valence-corrected chi connectivity index (χ0v) is 14.5. The molecule has 1 heterocycles. The van der Waals surface area contributed by atoms with Crippen LogP contribution in [0.1, 0.15) is 32.6 Å². The molecule has 3 rings (SSSR count). The number of sulfone groups is 1. The molecule has 24 heavy (non-hydrogen) atoms. The van der Waals surface area contributed by atoms with Crippen LogP contribution in [0.15, 0.2) is 35.2 Å². The summed E-state index contributed by atoms with van der Waals surface area (Å²) in [6, 6.07) is 7.61. The molecule has 1 aliphatic carbocycles. The number of nitrogens with one attached hydrogen (secondary N) is 1. The predicted molar refractivity (Wildman–Crippen MR) is 89.1 cm³/mol. The number of rotatable bonds is 4. The normalized spacial score (nSPS) is 27.5. The first-order valence-electron chi connectivity index (χ1n) is 8.26. The van der Waals surface area contributed by atoms with Gasteiger partial charge in [-0.1, -0.05) is 25.1 Å². The third kappa shape index (κ3) is 3.05. The van der Waals surface area contributed by atoms with Crippen molar-refractivity contribution in [2.24, 2.45) is 5.92 Å². The summed E-state index contributed by atoms with van der Waals surface area (Å²) in [4.78, 5) is 26.2. The number of imide groups is 1. The minimum absolute atomic E-state index is 0.112. The Balaban J connectivity index is 1.70. The fourth-order valence-electron chi connectivity index (χ4n) is 3.43. The highest BCUT2D eigenvalue weighted by atomic mass is 32.2. The predicted octanol–water partition coefficient (Wildman–Crippen LogP) is 1.96. The lowest BCUT2D eigenvalue weighted by Gasteiger charge is -2.33. The maximum atomic E-state index is 12.7. The third-order valence-electron chi connectivity index (χ3n) is 5.06. The second kappa shape index (κ2) is 6.20. The largest absolute Gasteiger partial charge is 0.325 e. The summed E-state index contributed by atoms with van der Waals surface area (Å²) >= 11 is 0. The van der Waals surface area contributed by atoms with E-state index in [-0.39, 0.29) is 23.1 Å². The van der Waals surface area contributed by atoms with Gasteiger partial charge in [0.05, 0.1) is 10.6 Å². The molecule has 2 fully saturated rings. The van der Waals surface area contributed by atoms with E-state index in [9.17, 15) is 18.0 Å². The molecule has 130 valence electrons. The number of nitrogens with zero attached hydrogens (tertiary/aromatic N) is 1. The van der Waals surface area contributed by atoms with E-state index in [1.54, 1.807) is 18.2 Å². The highest BCUT2D eigenvalue weighted by Gasteiger charge is 2.51. The average Bonchev–Trinajstić information content (AvgIpc) is 2.80. The minimum Gasteiger partial charge on any atom is -0.323 e. The SMILES string of the molecule is CC1CCC2(CC1)NC(=O)N(CCS(=O)(=O)c1ccccc1)C2=O. The zero-order valence-electron chi connectivity index (χ0n) is 13.7. The van der Waals surface area contributed by atoms with Crippen LogP contribution < -0.4 is 5.32 Å². The molecular weight excluding hydrogens is 328 g/mol. The molecule has 7 heteroatoms. The molecule has 0 unspecified atom stereocenters. The van der Waals surface area contributed by atoms with Crippen LogP contribution in [0.2, 0.25) is 0 Å². The molecule has 3 amide bonds. The van der Waals surface area contributed by atoms with Crippen LogP contribution in [-0.4, -0.2) is 43.1 Å². The van der Waals surface area contributed by atoms with E-state index < -0.39 is 21.4 Å². The summed E-state index contributed by atoms with van der Waals surface area (Å²) in [7, 11) is -3.52. The van der Waals surface area contributed by atoms with Crippen molar-refractivity contribution in [3.8, 4) is 0 Å². The molecule has 1 saturated carbocycles. The quantitative estimate of drug-likeness (QED) is 0.842. The molecule has 6 nitrogen and oxygen atoms in total. The summed E-state index contributed by atoms with van der Waals surface area (Å²) in [6.45, 7) is 2.03. The lowest BCUT2D eigenvalue weighted by Crippen LogP contribution is -2.49. The molecule has 0 atom stereocenters. The van der Waals surface area contributed by atoms with Gasteiger partial charge in [0.2, 0.25) is 0 Å². The molecule has 1 aromatic carbocycles. The molecule has 1 aromatic rings. The Kier molecular flexibility index (Phi) is 4.38. The van der Waals surface area contributed by atoms with Gasteiger partial charge in [-0.05, 0) is 43.7 Å². The Morgan fingerprint density at radius 1 is 1.17 bits per heavy atom. The van der Waals surface area contributed by atoms with Gasteiger partial charge in [-0.25, -0.2) is 13.2 Å². The van der Waals surface area contributed by atoms with E-state index in [2.05, 4.69) is 12.2 Å². The molecule has 1 saturated heterocycles. The van der Waals surface area contributed by atoms with E-state index in [4.69, 9.17) is 0 Å². The van der Waals surface area contributed by atoms with Crippen molar-refractivity contribution in [1.82, 2.24) is 10.2 Å². The van der Waals surface area contributed by atoms with Crippen molar-refractivity contribution >= 4 is 21.8 Å². The van der Waals surface area contributed by atoms with E-state index in [0.29, 0.717) is 18.8 Å². The van der Waals surface area contributed by atoms with Gasteiger partial charge in [-0.15, -0.1) is 0 Å². The summed E-state index contributed by atoms with van der Waals surface area (Å²) in [5, 5.41) is 2.81. The lowest BCUT2D eigenvalue weighted by molar-refractivity contribution is -0.132. The van der Waals surface area contributed by atoms with Crippen molar-refractivity contribution in [2.75, 3.05) is 12.3 Å². The van der Waals surface area contributed by atoms with Crippen molar-refractivity contribution in [3.63, 3.8) is 0 Å². The Labute approximate surface area is 142 Å². The monoisotopic (exact) mass is 350 g/mol. The molecule has 0 aromatic heterocycles. The highest BCUT2D eigenvalue weighted by molar-refractivity contribution is 7.91. The molecular formula is C17H22N2O4S. The van der Waals surface area contributed by atoms with Gasteiger partial charge in [-0.3, -0.25) is 9.69 Å². The van der Waals surface area contributed by atoms with Crippen molar-refractivity contribution in [3.05, 3.63) is 30.3 Å². The van der Waals surface area contributed by atoms with Gasteiger partial charge >= 0.3 is 6.03 Å². The standard InChI is InChI=1S/C17H22N2O4S/c1-13-7-9-17(10-8-13)15(20)19(16(21)18-17)11-12-24(22,23)14-5-3-2-4-6-14/h2-6,13H,7-12H2,1H3,(H,18,21). The van der Waals surface area contributed by atoms with Gasteiger partial charge in [0.15, 0.2) is 9.84 Å². The zero-order chi connectivity index (χ0) is 17.4. The van der Waals surface area contributed by atoms with E-state index in [0.717, 1.165) is 17.7 Å². The van der Waals surface area contributed by atoms with Crippen molar-refractivity contribution < 1.29 is 18.0 Å². The lowest BCUT2D eigenvalue weighted by atomic mass is 9.77. The van der Waals surface area contributed by atoms with Gasteiger partial charge in [0.1, 0.15) is 5.54 Å². The van der Waals surface area contributed by atoms with Crippen LogP contribution in [0.4, 0.5) is 4.79 Å². The molecule has 1 spiro atoms. The van der Waals surface area contributed by atoms with E-state index in [1.807, 2.05) is 0 Å². The number of carbonyl (C=O) groups is 2. The smallest absolute Gasteiger partial charge is 0.323 e. The minimum atomic E-state index is -3.52. The molecule has 0 bridgehead atoms. The number of amides is 3. The molecule has 1 aliphatic heterocycles. The van der Waals surface area contributed by atoms with Gasteiger partial charge in [-0.2, -0.15) is 0 Å². The first kappa shape index (κ1) is 17.0. The van der Waals surface area contributed by atoms with Crippen LogP contribution in [-0.2, 0) is 14.6 Å². The number of hydrogen-bond donors (Lipinski definition) is 1. The number of benzene rings is 1. The van der Waals surface area contributed by atoms with Gasteiger partial charge in [0.25, 0.3) is 5.91 Å². The second-order valence-electron chi connectivity index (χ2n) is 6.78. The average molecular weight is 350 g/mol. The summed E-state index contributed by atoms with van der Waals surface area (Å²) < 4.78 is 24.7. The Morgan fingerprint density at radius 2 is 1.79 bits per heavy atom. The highest BCUT2D eigenvalue weighted by Crippen LogP contribution is 2.36. The fourth-order valence-corrected chi connectivity index (χ4v) is 4.66. The number of urea groups is 1. The third-order valence-corrected chi connectivity index (χ3v) is 6.77. The number of carbonyl (C=O) groups excluding carboxylic acids is 2. The topological polar surface area (TPSA) is 83.6 Å². The fraction of sp³-hybridized carbons (Fsp3) is 0.529. The van der Waals surface area contributed by atoms with Crippen LogP contribution in [0.25, 0.3) is 0 Å². The van der Waals surface area contributed by atoms with E-state index in [1.165, 1.54) is 12.1 Å². The maximum absolute atomic E-state index is 12.7. The van der Waals surface area contributed by atoms with Gasteiger partial charge in [0, 0.05) is 6.54 Å².